The number of hydrogen-bond donors (Lipinski definition) is 1. The lowest BCUT2D eigenvalue weighted by molar-refractivity contribution is 0.567. The zero-order chi connectivity index (χ0) is 13.1. The van der Waals surface area contributed by atoms with Gasteiger partial charge in [-0.15, -0.1) is 11.3 Å². The molecule has 5 heteroatoms. The van der Waals surface area contributed by atoms with Crippen molar-refractivity contribution in [3.63, 3.8) is 0 Å². The average molecular weight is 390 g/mol. The topological polar surface area (TPSA) is 24.9 Å². The summed E-state index contributed by atoms with van der Waals surface area (Å²) in [4.78, 5) is 4.45. The van der Waals surface area contributed by atoms with E-state index in [0.717, 1.165) is 26.2 Å². The SMILES string of the molecule is Cc1nc(CNC(C)c2ccc(Br)cc2Br)cs1. The van der Waals surface area contributed by atoms with Gasteiger partial charge in [0.05, 0.1) is 10.7 Å². The lowest BCUT2D eigenvalue weighted by Crippen LogP contribution is -2.18. The van der Waals surface area contributed by atoms with Gasteiger partial charge in [0.25, 0.3) is 0 Å². The average Bonchev–Trinajstić information content (AvgIpc) is 2.72. The van der Waals surface area contributed by atoms with Gasteiger partial charge in [-0.05, 0) is 31.5 Å². The molecule has 1 N–H and O–H groups in total. The van der Waals surface area contributed by atoms with E-state index in [4.69, 9.17) is 0 Å². The van der Waals surface area contributed by atoms with Crippen LogP contribution < -0.4 is 5.32 Å². The van der Waals surface area contributed by atoms with E-state index >= 15 is 0 Å². The number of aryl methyl sites for hydroxylation is 1. The van der Waals surface area contributed by atoms with Crippen LogP contribution in [0, 0.1) is 6.92 Å². The number of aromatic nitrogens is 1. The third-order valence-corrected chi connectivity index (χ3v) is 4.69. The van der Waals surface area contributed by atoms with Crippen LogP contribution in [0.5, 0.6) is 0 Å². The minimum absolute atomic E-state index is 0.287. The fraction of sp³-hybridized carbons (Fsp3) is 0.308. The van der Waals surface area contributed by atoms with Crippen molar-refractivity contribution in [1.29, 1.82) is 0 Å². The van der Waals surface area contributed by atoms with Crippen LogP contribution >= 0.6 is 43.2 Å². The lowest BCUT2D eigenvalue weighted by atomic mass is 10.1. The molecule has 1 aromatic carbocycles. The van der Waals surface area contributed by atoms with Crippen LogP contribution in [-0.4, -0.2) is 4.98 Å². The minimum Gasteiger partial charge on any atom is -0.304 e. The van der Waals surface area contributed by atoms with E-state index in [0.29, 0.717) is 0 Å². The fourth-order valence-electron chi connectivity index (χ4n) is 1.71. The zero-order valence-corrected chi connectivity index (χ0v) is 14.2. The van der Waals surface area contributed by atoms with Crippen molar-refractivity contribution in [2.24, 2.45) is 0 Å². The molecule has 0 aliphatic rings. The van der Waals surface area contributed by atoms with Crippen LogP contribution in [0.1, 0.15) is 29.2 Å². The van der Waals surface area contributed by atoms with Gasteiger partial charge in [0.1, 0.15) is 0 Å². The largest absolute Gasteiger partial charge is 0.304 e. The van der Waals surface area contributed by atoms with E-state index in [2.05, 4.69) is 72.7 Å². The van der Waals surface area contributed by atoms with Crippen LogP contribution in [0.25, 0.3) is 0 Å². The van der Waals surface area contributed by atoms with Gasteiger partial charge in [-0.2, -0.15) is 0 Å². The number of benzene rings is 1. The summed E-state index contributed by atoms with van der Waals surface area (Å²) in [7, 11) is 0. The van der Waals surface area contributed by atoms with Crippen LogP contribution in [0.3, 0.4) is 0 Å². The third-order valence-electron chi connectivity index (χ3n) is 2.68. The van der Waals surface area contributed by atoms with Gasteiger partial charge in [-0.3, -0.25) is 0 Å². The molecular weight excluding hydrogens is 376 g/mol. The number of hydrogen-bond acceptors (Lipinski definition) is 3. The zero-order valence-electron chi connectivity index (χ0n) is 10.2. The van der Waals surface area contributed by atoms with E-state index < -0.39 is 0 Å². The van der Waals surface area contributed by atoms with Crippen LogP contribution in [0.2, 0.25) is 0 Å². The molecule has 2 nitrogen and oxygen atoms in total. The number of nitrogens with zero attached hydrogens (tertiary/aromatic N) is 1. The molecule has 1 heterocycles. The van der Waals surface area contributed by atoms with Gasteiger partial charge in [0, 0.05) is 26.9 Å². The maximum absolute atomic E-state index is 4.45. The monoisotopic (exact) mass is 388 g/mol. The molecule has 1 unspecified atom stereocenters. The molecule has 0 radical (unpaired) electrons. The van der Waals surface area contributed by atoms with Crippen LogP contribution in [-0.2, 0) is 6.54 Å². The summed E-state index contributed by atoms with van der Waals surface area (Å²) in [5.41, 5.74) is 2.36. The van der Waals surface area contributed by atoms with Gasteiger partial charge in [-0.1, -0.05) is 37.9 Å². The van der Waals surface area contributed by atoms with Crippen LogP contribution in [0.15, 0.2) is 32.5 Å². The summed E-state index contributed by atoms with van der Waals surface area (Å²) in [5, 5.41) is 6.71. The molecule has 18 heavy (non-hydrogen) atoms. The van der Waals surface area contributed by atoms with Gasteiger partial charge in [0.15, 0.2) is 0 Å². The van der Waals surface area contributed by atoms with Crippen molar-refractivity contribution in [1.82, 2.24) is 10.3 Å². The molecule has 0 bridgehead atoms. The molecular formula is C13H14Br2N2S. The predicted octanol–water partition coefficient (Wildman–Crippen LogP) is 4.83. The van der Waals surface area contributed by atoms with Crippen molar-refractivity contribution in [3.05, 3.63) is 48.8 Å². The Morgan fingerprint density at radius 3 is 2.78 bits per heavy atom. The molecule has 0 spiro atoms. The fourth-order valence-corrected chi connectivity index (χ4v) is 3.71. The summed E-state index contributed by atoms with van der Waals surface area (Å²) >= 11 is 8.75. The standard InChI is InChI=1S/C13H14Br2N2S/c1-8(12-4-3-10(14)5-13(12)15)16-6-11-7-18-9(2)17-11/h3-5,7-8,16H,6H2,1-2H3. The Morgan fingerprint density at radius 1 is 1.39 bits per heavy atom. The van der Waals surface area contributed by atoms with Crippen molar-refractivity contribution < 1.29 is 0 Å². The second-order valence-corrected chi connectivity index (χ2v) is 6.96. The van der Waals surface area contributed by atoms with E-state index in [1.54, 1.807) is 11.3 Å². The summed E-state index contributed by atoms with van der Waals surface area (Å²) in [6.07, 6.45) is 0. The Morgan fingerprint density at radius 2 is 2.17 bits per heavy atom. The maximum Gasteiger partial charge on any atom is 0.0897 e. The molecule has 2 aromatic rings. The van der Waals surface area contributed by atoms with Crippen molar-refractivity contribution in [2.75, 3.05) is 0 Å². The number of halogens is 2. The maximum atomic E-state index is 4.45. The molecule has 1 atom stereocenters. The second kappa shape index (κ2) is 6.28. The van der Waals surface area contributed by atoms with E-state index in [1.807, 2.05) is 6.92 Å². The highest BCUT2D eigenvalue weighted by atomic mass is 79.9. The molecule has 96 valence electrons. The molecule has 2 rings (SSSR count). The molecule has 0 aliphatic carbocycles. The normalized spacial score (nSPS) is 12.7. The van der Waals surface area contributed by atoms with Crippen molar-refractivity contribution in [2.45, 2.75) is 26.4 Å². The summed E-state index contributed by atoms with van der Waals surface area (Å²) in [6.45, 7) is 4.99. The molecule has 0 amide bonds. The van der Waals surface area contributed by atoms with E-state index in [9.17, 15) is 0 Å². The molecule has 1 aromatic heterocycles. The van der Waals surface area contributed by atoms with Crippen molar-refractivity contribution in [3.8, 4) is 0 Å². The predicted molar refractivity (Wildman–Crippen MR) is 83.9 cm³/mol. The van der Waals surface area contributed by atoms with Crippen molar-refractivity contribution >= 4 is 43.2 Å². The first-order valence-corrected chi connectivity index (χ1v) is 8.12. The highest BCUT2D eigenvalue weighted by Crippen LogP contribution is 2.26. The van der Waals surface area contributed by atoms with Gasteiger partial charge >= 0.3 is 0 Å². The highest BCUT2D eigenvalue weighted by Gasteiger charge is 2.09. The molecule has 0 aliphatic heterocycles. The Hall–Kier alpha value is -0.230. The first-order valence-electron chi connectivity index (χ1n) is 5.65. The van der Waals surface area contributed by atoms with Gasteiger partial charge in [0.2, 0.25) is 0 Å². The lowest BCUT2D eigenvalue weighted by Gasteiger charge is -2.15. The summed E-state index contributed by atoms with van der Waals surface area (Å²) in [5.74, 6) is 0. The Balaban J connectivity index is 2.01. The van der Waals surface area contributed by atoms with Gasteiger partial charge in [-0.25, -0.2) is 4.98 Å². The summed E-state index contributed by atoms with van der Waals surface area (Å²) in [6, 6.07) is 6.54. The number of rotatable bonds is 4. The van der Waals surface area contributed by atoms with E-state index in [-0.39, 0.29) is 6.04 Å². The Labute approximate surface area is 128 Å². The Bertz CT molecular complexity index is 540. The first-order chi connectivity index (χ1) is 8.56. The number of thiazole rings is 1. The van der Waals surface area contributed by atoms with Crippen LogP contribution in [0.4, 0.5) is 0 Å². The molecule has 0 fully saturated rings. The highest BCUT2D eigenvalue weighted by molar-refractivity contribution is 9.11. The first kappa shape index (κ1) is 14.2. The molecule has 0 saturated carbocycles. The third kappa shape index (κ3) is 3.63. The van der Waals surface area contributed by atoms with Gasteiger partial charge < -0.3 is 5.32 Å². The second-order valence-electron chi connectivity index (χ2n) is 4.13. The number of nitrogens with one attached hydrogen (secondary N) is 1. The molecule has 0 saturated heterocycles. The minimum atomic E-state index is 0.287. The smallest absolute Gasteiger partial charge is 0.0897 e. The van der Waals surface area contributed by atoms with E-state index in [1.165, 1.54) is 5.56 Å². The Kier molecular flexibility index (Phi) is 4.95. The summed E-state index contributed by atoms with van der Waals surface area (Å²) < 4.78 is 2.20. The quantitative estimate of drug-likeness (QED) is 0.810.